The van der Waals surface area contributed by atoms with E-state index in [2.05, 4.69) is 0 Å². The van der Waals surface area contributed by atoms with E-state index >= 15 is 0 Å². The molecule has 0 N–H and O–H groups in total. The highest BCUT2D eigenvalue weighted by Gasteiger charge is 2.25. The summed E-state index contributed by atoms with van der Waals surface area (Å²) in [6.45, 7) is 4.54. The van der Waals surface area contributed by atoms with Crippen molar-refractivity contribution in [3.05, 3.63) is 35.1 Å². The Hall–Kier alpha value is -1.38. The minimum absolute atomic E-state index is 0.0481. The molecule has 1 aromatic carbocycles. The molecule has 0 bridgehead atoms. The Morgan fingerprint density at radius 1 is 1.32 bits per heavy atom. The van der Waals surface area contributed by atoms with E-state index in [1.54, 1.807) is 13.0 Å². The van der Waals surface area contributed by atoms with Gasteiger partial charge in [0.2, 0.25) is 0 Å². The van der Waals surface area contributed by atoms with Crippen molar-refractivity contribution in [1.82, 2.24) is 4.90 Å². The summed E-state index contributed by atoms with van der Waals surface area (Å²) < 4.78 is 13.1. The zero-order valence-corrected chi connectivity index (χ0v) is 11.8. The van der Waals surface area contributed by atoms with E-state index in [4.69, 9.17) is 0 Å². The summed E-state index contributed by atoms with van der Waals surface area (Å²) in [5.74, 6) is -0.235. The van der Waals surface area contributed by atoms with Gasteiger partial charge in [-0.15, -0.1) is 0 Å². The standard InChI is InChI=1S/C16H22FNO/c1-3-18(14-7-5-4-6-8-14)16(19)15-10-9-13(17)11-12(15)2/h9-11,14H,3-8H2,1-2H3. The summed E-state index contributed by atoms with van der Waals surface area (Å²) >= 11 is 0. The molecule has 1 saturated carbocycles. The Morgan fingerprint density at radius 2 is 2.00 bits per heavy atom. The molecule has 1 amide bonds. The van der Waals surface area contributed by atoms with Crippen LogP contribution in [0, 0.1) is 12.7 Å². The van der Waals surface area contributed by atoms with Gasteiger partial charge in [0.15, 0.2) is 0 Å². The van der Waals surface area contributed by atoms with Crippen molar-refractivity contribution in [3.63, 3.8) is 0 Å². The fourth-order valence-electron chi connectivity index (χ4n) is 2.98. The van der Waals surface area contributed by atoms with Crippen molar-refractivity contribution in [1.29, 1.82) is 0 Å². The van der Waals surface area contributed by atoms with Crippen LogP contribution in [-0.4, -0.2) is 23.4 Å². The molecule has 19 heavy (non-hydrogen) atoms. The number of halogens is 1. The first kappa shape index (κ1) is 14.0. The minimum atomic E-state index is -0.283. The second-order valence-corrected chi connectivity index (χ2v) is 5.34. The first-order valence-electron chi connectivity index (χ1n) is 7.20. The normalized spacial score (nSPS) is 16.4. The van der Waals surface area contributed by atoms with Crippen LogP contribution in [0.2, 0.25) is 0 Å². The topological polar surface area (TPSA) is 20.3 Å². The van der Waals surface area contributed by atoms with Gasteiger partial charge >= 0.3 is 0 Å². The largest absolute Gasteiger partial charge is 0.336 e. The van der Waals surface area contributed by atoms with Gasteiger partial charge in [-0.2, -0.15) is 0 Å². The number of carbonyl (C=O) groups is 1. The van der Waals surface area contributed by atoms with Gasteiger partial charge in [0.25, 0.3) is 5.91 Å². The molecule has 0 heterocycles. The van der Waals surface area contributed by atoms with Crippen LogP contribution in [0.15, 0.2) is 18.2 Å². The third kappa shape index (κ3) is 3.14. The van der Waals surface area contributed by atoms with Gasteiger partial charge in [-0.05, 0) is 50.5 Å². The van der Waals surface area contributed by atoms with E-state index in [9.17, 15) is 9.18 Å². The number of rotatable bonds is 3. The predicted octanol–water partition coefficient (Wildman–Crippen LogP) is 3.93. The monoisotopic (exact) mass is 263 g/mol. The average Bonchev–Trinajstić information content (AvgIpc) is 2.40. The van der Waals surface area contributed by atoms with Gasteiger partial charge in [0.1, 0.15) is 5.82 Å². The summed E-state index contributed by atoms with van der Waals surface area (Å²) in [5.41, 5.74) is 1.35. The molecule has 1 aromatic rings. The van der Waals surface area contributed by atoms with Crippen LogP contribution >= 0.6 is 0 Å². The van der Waals surface area contributed by atoms with E-state index in [0.717, 1.165) is 24.9 Å². The highest BCUT2D eigenvalue weighted by Crippen LogP contribution is 2.24. The molecule has 2 rings (SSSR count). The second-order valence-electron chi connectivity index (χ2n) is 5.34. The Balaban J connectivity index is 2.19. The summed E-state index contributed by atoms with van der Waals surface area (Å²) in [6.07, 6.45) is 5.88. The predicted molar refractivity (Wildman–Crippen MR) is 74.7 cm³/mol. The first-order valence-corrected chi connectivity index (χ1v) is 7.20. The van der Waals surface area contributed by atoms with E-state index < -0.39 is 0 Å². The molecule has 104 valence electrons. The van der Waals surface area contributed by atoms with Gasteiger partial charge in [-0.25, -0.2) is 4.39 Å². The summed E-state index contributed by atoms with van der Waals surface area (Å²) in [5, 5.41) is 0. The van der Waals surface area contributed by atoms with Gasteiger partial charge in [0.05, 0.1) is 0 Å². The van der Waals surface area contributed by atoms with Crippen LogP contribution in [0.3, 0.4) is 0 Å². The molecule has 0 spiro atoms. The zero-order valence-electron chi connectivity index (χ0n) is 11.8. The Bertz CT molecular complexity index is 452. The van der Waals surface area contributed by atoms with Crippen molar-refractivity contribution in [2.45, 2.75) is 52.0 Å². The maximum atomic E-state index is 13.1. The maximum absolute atomic E-state index is 13.1. The fourth-order valence-corrected chi connectivity index (χ4v) is 2.98. The fraction of sp³-hybridized carbons (Fsp3) is 0.562. The van der Waals surface area contributed by atoms with Crippen LogP contribution in [0.25, 0.3) is 0 Å². The lowest BCUT2D eigenvalue weighted by Crippen LogP contribution is -2.41. The second kappa shape index (κ2) is 6.18. The highest BCUT2D eigenvalue weighted by molar-refractivity contribution is 5.95. The third-order valence-electron chi connectivity index (χ3n) is 4.04. The summed E-state index contributed by atoms with van der Waals surface area (Å²) in [7, 11) is 0. The van der Waals surface area contributed by atoms with Crippen molar-refractivity contribution in [2.24, 2.45) is 0 Å². The number of nitrogens with zero attached hydrogens (tertiary/aromatic N) is 1. The molecular weight excluding hydrogens is 241 g/mol. The number of amides is 1. The highest BCUT2D eigenvalue weighted by atomic mass is 19.1. The van der Waals surface area contributed by atoms with Crippen LogP contribution in [0.4, 0.5) is 4.39 Å². The first-order chi connectivity index (χ1) is 9.13. The number of carbonyl (C=O) groups excluding carboxylic acids is 1. The maximum Gasteiger partial charge on any atom is 0.254 e. The molecule has 0 aromatic heterocycles. The van der Waals surface area contributed by atoms with Crippen LogP contribution < -0.4 is 0 Å². The lowest BCUT2D eigenvalue weighted by molar-refractivity contribution is 0.0647. The van der Waals surface area contributed by atoms with Crippen molar-refractivity contribution in [2.75, 3.05) is 6.54 Å². The Kier molecular flexibility index (Phi) is 4.56. The molecule has 0 saturated heterocycles. The van der Waals surface area contributed by atoms with Crippen LogP contribution in [-0.2, 0) is 0 Å². The van der Waals surface area contributed by atoms with E-state index in [1.165, 1.54) is 31.4 Å². The molecular formula is C16H22FNO. The summed E-state index contributed by atoms with van der Waals surface area (Å²) in [4.78, 5) is 14.6. The Morgan fingerprint density at radius 3 is 2.58 bits per heavy atom. The third-order valence-corrected chi connectivity index (χ3v) is 4.04. The van der Waals surface area contributed by atoms with E-state index in [1.807, 2.05) is 11.8 Å². The van der Waals surface area contributed by atoms with E-state index in [0.29, 0.717) is 11.6 Å². The van der Waals surface area contributed by atoms with Gasteiger partial charge in [-0.1, -0.05) is 19.3 Å². The molecule has 3 heteroatoms. The van der Waals surface area contributed by atoms with Crippen molar-refractivity contribution in [3.8, 4) is 0 Å². The molecule has 0 atom stereocenters. The number of benzene rings is 1. The quantitative estimate of drug-likeness (QED) is 0.809. The number of aryl methyl sites for hydroxylation is 1. The molecule has 1 aliphatic carbocycles. The Labute approximate surface area is 114 Å². The number of hydrogen-bond acceptors (Lipinski definition) is 1. The van der Waals surface area contributed by atoms with E-state index in [-0.39, 0.29) is 11.7 Å². The average molecular weight is 263 g/mol. The van der Waals surface area contributed by atoms with Crippen molar-refractivity contribution >= 4 is 5.91 Å². The zero-order chi connectivity index (χ0) is 13.8. The van der Waals surface area contributed by atoms with Crippen LogP contribution in [0.1, 0.15) is 54.9 Å². The van der Waals surface area contributed by atoms with Gasteiger partial charge in [-0.3, -0.25) is 4.79 Å². The molecule has 0 radical (unpaired) electrons. The molecule has 0 aliphatic heterocycles. The molecule has 2 nitrogen and oxygen atoms in total. The van der Waals surface area contributed by atoms with Gasteiger partial charge in [0, 0.05) is 18.2 Å². The molecule has 1 aliphatic rings. The lowest BCUT2D eigenvalue weighted by Gasteiger charge is -2.34. The van der Waals surface area contributed by atoms with Crippen molar-refractivity contribution < 1.29 is 9.18 Å². The van der Waals surface area contributed by atoms with Crippen LogP contribution in [0.5, 0.6) is 0 Å². The van der Waals surface area contributed by atoms with Gasteiger partial charge < -0.3 is 4.90 Å². The lowest BCUT2D eigenvalue weighted by atomic mass is 9.93. The molecule has 1 fully saturated rings. The summed E-state index contributed by atoms with van der Waals surface area (Å²) in [6, 6.07) is 4.77. The molecule has 0 unspecified atom stereocenters. The minimum Gasteiger partial charge on any atom is -0.336 e. The smallest absolute Gasteiger partial charge is 0.254 e. The SMILES string of the molecule is CCN(C(=O)c1ccc(F)cc1C)C1CCCCC1. The number of hydrogen-bond donors (Lipinski definition) is 0.